The van der Waals surface area contributed by atoms with E-state index < -0.39 is 0 Å². The Hall–Kier alpha value is -1.55. The van der Waals surface area contributed by atoms with Crippen LogP contribution in [0.25, 0.3) is 0 Å². The number of carbonyl (C=O) groups excluding carboxylic acids is 1. The lowest BCUT2D eigenvalue weighted by Crippen LogP contribution is -2.39. The van der Waals surface area contributed by atoms with Crippen LogP contribution in [0.4, 0.5) is 0 Å². The standard InChI is InChI=1S/C17H23NO3/c1-4-8-18-9-7-11-10-14(20-2)17(21-3)16-13(19)6-5-12(18)15(11)16/h10,12H,4-9H2,1-3H3. The maximum Gasteiger partial charge on any atom is 0.171 e. The SMILES string of the molecule is CCCN1CCc2cc(OC)c(OC)c3c2C1CCC3=O. The van der Waals surface area contributed by atoms with Crippen molar-refractivity contribution in [1.82, 2.24) is 4.90 Å². The van der Waals surface area contributed by atoms with Crippen LogP contribution in [-0.2, 0) is 6.42 Å². The summed E-state index contributed by atoms with van der Waals surface area (Å²) in [6.07, 6.45) is 3.64. The normalized spacial score (nSPS) is 21.1. The number of rotatable bonds is 4. The van der Waals surface area contributed by atoms with E-state index in [9.17, 15) is 4.79 Å². The first-order valence-corrected chi connectivity index (χ1v) is 7.76. The van der Waals surface area contributed by atoms with Gasteiger partial charge in [0.25, 0.3) is 0 Å². The first kappa shape index (κ1) is 14.4. The van der Waals surface area contributed by atoms with Gasteiger partial charge >= 0.3 is 0 Å². The van der Waals surface area contributed by atoms with Gasteiger partial charge in [0.1, 0.15) is 0 Å². The molecule has 114 valence electrons. The molecular weight excluding hydrogens is 266 g/mol. The zero-order valence-corrected chi connectivity index (χ0v) is 13.1. The molecule has 2 aliphatic rings. The summed E-state index contributed by atoms with van der Waals surface area (Å²) >= 11 is 0. The molecule has 0 fully saturated rings. The van der Waals surface area contributed by atoms with Gasteiger partial charge in [0.15, 0.2) is 17.3 Å². The Morgan fingerprint density at radius 3 is 2.76 bits per heavy atom. The van der Waals surface area contributed by atoms with Crippen LogP contribution in [0.2, 0.25) is 0 Å². The monoisotopic (exact) mass is 289 g/mol. The Morgan fingerprint density at radius 1 is 1.29 bits per heavy atom. The third-order valence-electron chi connectivity index (χ3n) is 4.67. The number of ketones is 1. The number of hydrogen-bond acceptors (Lipinski definition) is 4. The molecule has 0 bridgehead atoms. The van der Waals surface area contributed by atoms with E-state index in [-0.39, 0.29) is 5.78 Å². The maximum absolute atomic E-state index is 12.5. The summed E-state index contributed by atoms with van der Waals surface area (Å²) in [6.45, 7) is 4.36. The number of nitrogens with zero attached hydrogens (tertiary/aromatic N) is 1. The van der Waals surface area contributed by atoms with Crippen molar-refractivity contribution < 1.29 is 14.3 Å². The minimum atomic E-state index is 0.191. The number of ether oxygens (including phenoxy) is 2. The van der Waals surface area contributed by atoms with Crippen LogP contribution in [0, 0.1) is 0 Å². The van der Waals surface area contributed by atoms with Crippen LogP contribution in [0.5, 0.6) is 11.5 Å². The Morgan fingerprint density at radius 2 is 2.10 bits per heavy atom. The highest BCUT2D eigenvalue weighted by atomic mass is 16.5. The summed E-state index contributed by atoms with van der Waals surface area (Å²) in [7, 11) is 3.25. The minimum Gasteiger partial charge on any atom is -0.493 e. The number of Topliss-reactive ketones (excluding diaryl/α,β-unsaturated/α-hetero) is 1. The molecule has 4 nitrogen and oxygen atoms in total. The topological polar surface area (TPSA) is 38.8 Å². The molecule has 0 N–H and O–H groups in total. The Bertz CT molecular complexity index is 568. The number of hydrogen-bond donors (Lipinski definition) is 0. The Kier molecular flexibility index (Phi) is 3.89. The second kappa shape index (κ2) is 5.68. The molecule has 1 heterocycles. The maximum atomic E-state index is 12.5. The number of methoxy groups -OCH3 is 2. The molecule has 4 heteroatoms. The van der Waals surface area contributed by atoms with Gasteiger partial charge in [-0.25, -0.2) is 0 Å². The highest BCUT2D eigenvalue weighted by Crippen LogP contribution is 2.47. The van der Waals surface area contributed by atoms with E-state index in [0.29, 0.717) is 24.0 Å². The van der Waals surface area contributed by atoms with Crippen molar-refractivity contribution in [2.45, 2.75) is 38.6 Å². The lowest BCUT2D eigenvalue weighted by atomic mass is 9.79. The van der Waals surface area contributed by atoms with Gasteiger partial charge in [-0.2, -0.15) is 0 Å². The lowest BCUT2D eigenvalue weighted by Gasteiger charge is -2.41. The van der Waals surface area contributed by atoms with Crippen LogP contribution in [0.15, 0.2) is 6.07 Å². The Labute approximate surface area is 126 Å². The van der Waals surface area contributed by atoms with E-state index in [1.165, 1.54) is 11.1 Å². The quantitative estimate of drug-likeness (QED) is 0.854. The van der Waals surface area contributed by atoms with E-state index in [1.807, 2.05) is 0 Å². The molecule has 0 aromatic heterocycles. The van der Waals surface area contributed by atoms with Crippen molar-refractivity contribution in [2.24, 2.45) is 0 Å². The molecule has 1 unspecified atom stereocenters. The van der Waals surface area contributed by atoms with Gasteiger partial charge in [-0.1, -0.05) is 6.92 Å². The molecular formula is C17H23NO3. The molecule has 3 rings (SSSR count). The van der Waals surface area contributed by atoms with E-state index in [1.54, 1.807) is 14.2 Å². The second-order valence-electron chi connectivity index (χ2n) is 5.82. The van der Waals surface area contributed by atoms with Gasteiger partial charge in [0.05, 0.1) is 19.8 Å². The molecule has 1 aliphatic carbocycles. The average molecular weight is 289 g/mol. The van der Waals surface area contributed by atoms with Crippen molar-refractivity contribution in [1.29, 1.82) is 0 Å². The predicted molar refractivity (Wildman–Crippen MR) is 81.4 cm³/mol. The van der Waals surface area contributed by atoms with Crippen LogP contribution >= 0.6 is 0 Å². The Balaban J connectivity index is 2.18. The van der Waals surface area contributed by atoms with E-state index >= 15 is 0 Å². The smallest absolute Gasteiger partial charge is 0.171 e. The van der Waals surface area contributed by atoms with Gasteiger partial charge in [0.2, 0.25) is 0 Å². The number of benzene rings is 1. The summed E-state index contributed by atoms with van der Waals surface area (Å²) in [5.74, 6) is 1.49. The summed E-state index contributed by atoms with van der Waals surface area (Å²) in [5.41, 5.74) is 3.22. The molecule has 0 amide bonds. The molecule has 1 aromatic rings. The number of carbonyl (C=O) groups is 1. The fourth-order valence-corrected chi connectivity index (χ4v) is 3.80. The van der Waals surface area contributed by atoms with Crippen LogP contribution in [0.1, 0.15) is 53.7 Å². The third-order valence-corrected chi connectivity index (χ3v) is 4.67. The van der Waals surface area contributed by atoms with Crippen molar-refractivity contribution in [2.75, 3.05) is 27.3 Å². The largest absolute Gasteiger partial charge is 0.493 e. The molecule has 1 aliphatic heterocycles. The van der Waals surface area contributed by atoms with E-state index in [4.69, 9.17) is 9.47 Å². The minimum absolute atomic E-state index is 0.191. The van der Waals surface area contributed by atoms with E-state index in [2.05, 4.69) is 17.9 Å². The molecule has 0 spiro atoms. The van der Waals surface area contributed by atoms with Crippen LogP contribution in [-0.4, -0.2) is 38.0 Å². The summed E-state index contributed by atoms with van der Waals surface area (Å²) < 4.78 is 10.9. The highest BCUT2D eigenvalue weighted by Gasteiger charge is 2.37. The highest BCUT2D eigenvalue weighted by molar-refractivity contribution is 6.02. The van der Waals surface area contributed by atoms with Crippen molar-refractivity contribution in [3.63, 3.8) is 0 Å². The lowest BCUT2D eigenvalue weighted by molar-refractivity contribution is 0.0913. The van der Waals surface area contributed by atoms with E-state index in [0.717, 1.165) is 37.9 Å². The summed E-state index contributed by atoms with van der Waals surface area (Å²) in [5, 5.41) is 0. The second-order valence-corrected chi connectivity index (χ2v) is 5.82. The van der Waals surface area contributed by atoms with Crippen LogP contribution in [0.3, 0.4) is 0 Å². The molecule has 21 heavy (non-hydrogen) atoms. The van der Waals surface area contributed by atoms with Gasteiger partial charge in [-0.05, 0) is 43.0 Å². The van der Waals surface area contributed by atoms with Crippen LogP contribution < -0.4 is 9.47 Å². The zero-order chi connectivity index (χ0) is 15.0. The first-order valence-electron chi connectivity index (χ1n) is 7.76. The molecule has 0 saturated carbocycles. The summed E-state index contributed by atoms with van der Waals surface area (Å²) in [4.78, 5) is 15.0. The summed E-state index contributed by atoms with van der Waals surface area (Å²) in [6, 6.07) is 2.42. The van der Waals surface area contributed by atoms with Gasteiger partial charge in [-0.15, -0.1) is 0 Å². The molecule has 0 radical (unpaired) electrons. The fraction of sp³-hybridized carbons (Fsp3) is 0.588. The first-order chi connectivity index (χ1) is 10.2. The van der Waals surface area contributed by atoms with Crippen molar-refractivity contribution in [3.8, 4) is 11.5 Å². The van der Waals surface area contributed by atoms with Crippen molar-refractivity contribution in [3.05, 3.63) is 22.8 Å². The van der Waals surface area contributed by atoms with Crippen molar-refractivity contribution >= 4 is 5.78 Å². The van der Waals surface area contributed by atoms with Gasteiger partial charge in [-0.3, -0.25) is 9.69 Å². The zero-order valence-electron chi connectivity index (χ0n) is 13.1. The predicted octanol–water partition coefficient (Wildman–Crippen LogP) is 2.99. The van der Waals surface area contributed by atoms with Gasteiger partial charge < -0.3 is 9.47 Å². The fourth-order valence-electron chi connectivity index (χ4n) is 3.80. The van der Waals surface area contributed by atoms with Gasteiger partial charge in [0, 0.05) is 19.0 Å². The molecule has 0 saturated heterocycles. The molecule has 1 aromatic carbocycles. The molecule has 1 atom stereocenters. The third kappa shape index (κ3) is 2.22. The average Bonchev–Trinajstić information content (AvgIpc) is 2.51.